The Morgan fingerprint density at radius 2 is 1.61 bits per heavy atom. The first-order valence-electron chi connectivity index (χ1n) is 10.9. The molecule has 2 aliphatic heterocycles. The van der Waals surface area contributed by atoms with Crippen LogP contribution in [0.1, 0.15) is 24.1 Å². The summed E-state index contributed by atoms with van der Waals surface area (Å²) in [6.07, 6.45) is -2.82. The van der Waals surface area contributed by atoms with Crippen LogP contribution in [0.25, 0.3) is 0 Å². The average Bonchev–Trinajstić information content (AvgIpc) is 2.79. The van der Waals surface area contributed by atoms with E-state index in [4.69, 9.17) is 29.3 Å². The molecule has 2 N–H and O–H groups in total. The number of aromatic nitrogens is 3. The van der Waals surface area contributed by atoms with E-state index < -0.39 is 24.3 Å². The molecule has 4 heterocycles. The lowest BCUT2D eigenvalue weighted by atomic mass is 9.84. The van der Waals surface area contributed by atoms with Crippen molar-refractivity contribution in [3.05, 3.63) is 48.0 Å². The van der Waals surface area contributed by atoms with Crippen molar-refractivity contribution in [1.29, 1.82) is 0 Å². The molecule has 1 unspecified atom stereocenters. The number of rotatable bonds is 4. The molecule has 4 rings (SSSR count). The lowest BCUT2D eigenvalue weighted by molar-refractivity contribution is -0.193. The Balaban J connectivity index is 0.000000301. The second-order valence-corrected chi connectivity index (χ2v) is 8.35. The Morgan fingerprint density at radius 3 is 2.11 bits per heavy atom. The molecule has 2 aliphatic rings. The minimum Gasteiger partial charge on any atom is -0.475 e. The van der Waals surface area contributed by atoms with Gasteiger partial charge in [0.15, 0.2) is 0 Å². The maximum absolute atomic E-state index is 10.6. The Labute approximate surface area is 212 Å². The van der Waals surface area contributed by atoms with E-state index in [0.29, 0.717) is 6.01 Å². The second-order valence-electron chi connectivity index (χ2n) is 8.35. The van der Waals surface area contributed by atoms with Gasteiger partial charge in [0.2, 0.25) is 0 Å². The number of hydrogen-bond donors (Lipinski definition) is 2. The average molecular weight is 554 g/mol. The van der Waals surface area contributed by atoms with Gasteiger partial charge in [-0.15, -0.1) is 0 Å². The minimum absolute atomic E-state index is 0.0697. The van der Waals surface area contributed by atoms with Crippen LogP contribution in [0.15, 0.2) is 36.8 Å². The Morgan fingerprint density at radius 1 is 1.05 bits per heavy atom. The number of likely N-dealkylation sites (tertiary alicyclic amines) is 1. The topological polar surface area (TPSA) is 135 Å². The third-order valence-corrected chi connectivity index (χ3v) is 5.16. The molecule has 0 bridgehead atoms. The van der Waals surface area contributed by atoms with Gasteiger partial charge in [0.05, 0.1) is 12.2 Å². The molecule has 0 aliphatic carbocycles. The standard InChI is InChI=1S/C18H22N4O2.2C2HF3O2/c1-14-2-8-20-17(21-14)24-16-5-9-23-18(10-16)12-22(13-18)11-15-3-6-19-7-4-15;2*3-2(4,5)1(6)7/h2-4,6-8,16H,5,9-13H2,1H3;2*(H,6,7). The molecule has 2 aromatic heterocycles. The van der Waals surface area contributed by atoms with Gasteiger partial charge in [-0.05, 0) is 30.7 Å². The highest BCUT2D eigenvalue weighted by molar-refractivity contribution is 5.73. The lowest BCUT2D eigenvalue weighted by Gasteiger charge is -2.53. The first-order valence-corrected chi connectivity index (χ1v) is 10.9. The molecule has 0 amide bonds. The van der Waals surface area contributed by atoms with Gasteiger partial charge in [0.1, 0.15) is 6.10 Å². The van der Waals surface area contributed by atoms with Crippen LogP contribution in [-0.4, -0.2) is 85.8 Å². The molecule has 210 valence electrons. The zero-order valence-electron chi connectivity index (χ0n) is 19.9. The fraction of sp³-hybridized carbons (Fsp3) is 0.500. The number of alkyl halides is 6. The summed E-state index contributed by atoms with van der Waals surface area (Å²) < 4.78 is 75.6. The van der Waals surface area contributed by atoms with Crippen molar-refractivity contribution in [3.8, 4) is 6.01 Å². The fourth-order valence-electron chi connectivity index (χ4n) is 3.56. The summed E-state index contributed by atoms with van der Waals surface area (Å²) in [6.45, 7) is 5.52. The molecule has 2 saturated heterocycles. The zero-order chi connectivity index (χ0) is 28.6. The SMILES string of the molecule is Cc1ccnc(OC2CCOC3(C2)CN(Cc2ccncc2)C3)n1.O=C(O)C(F)(F)F.O=C(O)C(F)(F)F. The minimum atomic E-state index is -5.08. The highest BCUT2D eigenvalue weighted by atomic mass is 19.4. The molecule has 0 radical (unpaired) electrons. The zero-order valence-corrected chi connectivity index (χ0v) is 19.9. The summed E-state index contributed by atoms with van der Waals surface area (Å²) in [7, 11) is 0. The fourth-order valence-corrected chi connectivity index (χ4v) is 3.56. The largest absolute Gasteiger partial charge is 0.490 e. The number of aliphatic carboxylic acids is 2. The molecule has 0 aromatic carbocycles. The van der Waals surface area contributed by atoms with Crippen LogP contribution in [0.4, 0.5) is 26.3 Å². The van der Waals surface area contributed by atoms with Gasteiger partial charge in [-0.1, -0.05) is 0 Å². The van der Waals surface area contributed by atoms with Crippen molar-refractivity contribution in [2.75, 3.05) is 19.7 Å². The predicted molar refractivity (Wildman–Crippen MR) is 116 cm³/mol. The van der Waals surface area contributed by atoms with Crippen molar-refractivity contribution >= 4 is 11.9 Å². The van der Waals surface area contributed by atoms with Crippen LogP contribution in [0.3, 0.4) is 0 Å². The van der Waals surface area contributed by atoms with Gasteiger partial charge < -0.3 is 19.7 Å². The van der Waals surface area contributed by atoms with E-state index in [2.05, 4.69) is 32.0 Å². The first kappa shape index (κ1) is 30.7. The number of halogens is 6. The highest BCUT2D eigenvalue weighted by Crippen LogP contribution is 2.36. The predicted octanol–water partition coefficient (Wildman–Crippen LogP) is 3.26. The Bertz CT molecular complexity index is 1040. The molecular formula is C22H24F6N4O6. The molecule has 2 fully saturated rings. The van der Waals surface area contributed by atoms with Crippen LogP contribution in [0.2, 0.25) is 0 Å². The van der Waals surface area contributed by atoms with Gasteiger partial charge in [0, 0.05) is 56.8 Å². The van der Waals surface area contributed by atoms with E-state index in [0.717, 1.165) is 44.8 Å². The number of carboxylic acid groups (broad SMARTS) is 2. The molecule has 1 spiro atoms. The van der Waals surface area contributed by atoms with Gasteiger partial charge in [-0.25, -0.2) is 19.6 Å². The second kappa shape index (κ2) is 12.8. The summed E-state index contributed by atoms with van der Waals surface area (Å²) in [4.78, 5) is 32.8. The quantitative estimate of drug-likeness (QED) is 0.543. The van der Waals surface area contributed by atoms with Gasteiger partial charge in [-0.2, -0.15) is 26.3 Å². The molecule has 16 heteroatoms. The van der Waals surface area contributed by atoms with E-state index in [-0.39, 0.29) is 11.7 Å². The van der Waals surface area contributed by atoms with Crippen LogP contribution >= 0.6 is 0 Å². The van der Waals surface area contributed by atoms with Crippen LogP contribution in [-0.2, 0) is 20.9 Å². The number of hydrogen-bond acceptors (Lipinski definition) is 8. The summed E-state index contributed by atoms with van der Waals surface area (Å²) >= 11 is 0. The number of ether oxygens (including phenoxy) is 2. The summed E-state index contributed by atoms with van der Waals surface area (Å²) in [6, 6.07) is 6.48. The molecule has 2 aromatic rings. The number of aryl methyl sites for hydroxylation is 1. The molecule has 1 atom stereocenters. The van der Waals surface area contributed by atoms with Crippen molar-refractivity contribution in [1.82, 2.24) is 19.9 Å². The van der Waals surface area contributed by atoms with E-state index in [1.54, 1.807) is 6.20 Å². The number of carboxylic acids is 2. The van der Waals surface area contributed by atoms with Crippen molar-refractivity contribution in [3.63, 3.8) is 0 Å². The van der Waals surface area contributed by atoms with Crippen molar-refractivity contribution in [2.45, 2.75) is 50.4 Å². The van der Waals surface area contributed by atoms with Crippen LogP contribution in [0.5, 0.6) is 6.01 Å². The smallest absolute Gasteiger partial charge is 0.475 e. The summed E-state index contributed by atoms with van der Waals surface area (Å²) in [5, 5.41) is 14.2. The van der Waals surface area contributed by atoms with E-state index in [1.165, 1.54) is 5.56 Å². The number of pyridine rings is 1. The molecular weight excluding hydrogens is 530 g/mol. The van der Waals surface area contributed by atoms with Crippen LogP contribution < -0.4 is 4.74 Å². The maximum atomic E-state index is 10.6. The number of carbonyl (C=O) groups is 2. The van der Waals surface area contributed by atoms with E-state index in [9.17, 15) is 26.3 Å². The third-order valence-electron chi connectivity index (χ3n) is 5.16. The van der Waals surface area contributed by atoms with Gasteiger partial charge >= 0.3 is 30.3 Å². The van der Waals surface area contributed by atoms with E-state index in [1.807, 2.05) is 25.4 Å². The normalized spacial score (nSPS) is 18.7. The summed E-state index contributed by atoms with van der Waals surface area (Å²) in [5.41, 5.74) is 2.14. The molecule has 10 nitrogen and oxygen atoms in total. The molecule has 0 saturated carbocycles. The third kappa shape index (κ3) is 10.1. The number of nitrogens with zero attached hydrogens (tertiary/aromatic N) is 4. The van der Waals surface area contributed by atoms with Crippen molar-refractivity contribution < 1.29 is 55.6 Å². The van der Waals surface area contributed by atoms with Crippen molar-refractivity contribution in [2.24, 2.45) is 0 Å². The monoisotopic (exact) mass is 554 g/mol. The Hall–Kier alpha value is -3.53. The maximum Gasteiger partial charge on any atom is 0.490 e. The highest BCUT2D eigenvalue weighted by Gasteiger charge is 2.48. The van der Waals surface area contributed by atoms with Gasteiger partial charge in [-0.3, -0.25) is 9.88 Å². The van der Waals surface area contributed by atoms with Gasteiger partial charge in [0.25, 0.3) is 0 Å². The van der Waals surface area contributed by atoms with E-state index >= 15 is 0 Å². The lowest BCUT2D eigenvalue weighted by Crippen LogP contribution is -2.65. The van der Waals surface area contributed by atoms with Crippen LogP contribution in [0, 0.1) is 6.92 Å². The first-order chi connectivity index (χ1) is 17.6. The molecule has 38 heavy (non-hydrogen) atoms. The Kier molecular flexibility index (Phi) is 10.4. The summed E-state index contributed by atoms with van der Waals surface area (Å²) in [5.74, 6) is -5.51.